The summed E-state index contributed by atoms with van der Waals surface area (Å²) in [6.45, 7) is 6.04. The number of methoxy groups -OCH3 is 1. The Labute approximate surface area is 182 Å². The maximum atomic E-state index is 12.6. The van der Waals surface area contributed by atoms with E-state index in [0.717, 1.165) is 5.56 Å². The number of hydrogen-bond acceptors (Lipinski definition) is 7. The van der Waals surface area contributed by atoms with Crippen LogP contribution in [0.25, 0.3) is 0 Å². The molecule has 1 aliphatic rings. The number of morpholine rings is 1. The van der Waals surface area contributed by atoms with Gasteiger partial charge in [-0.3, -0.25) is 19.3 Å². The van der Waals surface area contributed by atoms with Crippen molar-refractivity contribution in [3.63, 3.8) is 0 Å². The van der Waals surface area contributed by atoms with E-state index in [1.54, 1.807) is 38.1 Å². The second-order valence-corrected chi connectivity index (χ2v) is 7.44. The van der Waals surface area contributed by atoms with Crippen LogP contribution in [0.1, 0.15) is 36.2 Å². The Morgan fingerprint density at radius 3 is 2.32 bits per heavy atom. The number of ether oxygens (including phenoxy) is 2. The van der Waals surface area contributed by atoms with E-state index in [1.807, 2.05) is 4.90 Å². The first kappa shape index (κ1) is 24.5. The summed E-state index contributed by atoms with van der Waals surface area (Å²) in [5.41, 5.74) is 1.37. The number of carbonyl (C=O) groups excluding carboxylic acids is 4. The van der Waals surface area contributed by atoms with Crippen LogP contribution in [-0.2, 0) is 30.3 Å². The fraction of sp³-hybridized carbons (Fsp3) is 0.545. The van der Waals surface area contributed by atoms with Crippen LogP contribution in [0.15, 0.2) is 24.3 Å². The number of nitrogens with zero attached hydrogens (tertiary/aromatic N) is 1. The highest BCUT2D eigenvalue weighted by Crippen LogP contribution is 2.10. The van der Waals surface area contributed by atoms with Gasteiger partial charge in [0.15, 0.2) is 5.78 Å². The normalized spacial score (nSPS) is 16.1. The van der Waals surface area contributed by atoms with Gasteiger partial charge in [0.1, 0.15) is 12.1 Å². The minimum atomic E-state index is -0.913. The zero-order valence-corrected chi connectivity index (χ0v) is 18.3. The largest absolute Gasteiger partial charge is 0.467 e. The summed E-state index contributed by atoms with van der Waals surface area (Å²) in [5.74, 6) is -1.31. The molecule has 2 amide bonds. The van der Waals surface area contributed by atoms with Gasteiger partial charge in [-0.2, -0.15) is 0 Å². The fourth-order valence-corrected chi connectivity index (χ4v) is 3.21. The highest BCUT2D eigenvalue weighted by molar-refractivity contribution is 5.96. The molecule has 2 N–H and O–H groups in total. The van der Waals surface area contributed by atoms with Crippen molar-refractivity contribution in [3.8, 4) is 0 Å². The zero-order chi connectivity index (χ0) is 22.8. The van der Waals surface area contributed by atoms with Crippen LogP contribution in [0, 0.1) is 0 Å². The third kappa shape index (κ3) is 7.76. The second-order valence-electron chi connectivity index (χ2n) is 7.44. The number of carbonyl (C=O) groups is 4. The molecule has 9 nitrogen and oxygen atoms in total. The highest BCUT2D eigenvalue weighted by atomic mass is 16.5. The van der Waals surface area contributed by atoms with Gasteiger partial charge in [0.25, 0.3) is 0 Å². The van der Waals surface area contributed by atoms with Gasteiger partial charge in [0, 0.05) is 31.5 Å². The molecular formula is C22H31N3O6. The van der Waals surface area contributed by atoms with Gasteiger partial charge in [0.2, 0.25) is 11.8 Å². The predicted octanol–water partition coefficient (Wildman–Crippen LogP) is 0.317. The molecule has 31 heavy (non-hydrogen) atoms. The van der Waals surface area contributed by atoms with Crippen molar-refractivity contribution in [2.45, 2.75) is 38.8 Å². The molecule has 0 aliphatic carbocycles. The minimum absolute atomic E-state index is 0.0333. The molecule has 1 fully saturated rings. The summed E-state index contributed by atoms with van der Waals surface area (Å²) in [6.07, 6.45) is 0.614. The van der Waals surface area contributed by atoms with E-state index in [2.05, 4.69) is 10.6 Å². The number of rotatable bonds is 10. The van der Waals surface area contributed by atoms with Crippen molar-refractivity contribution in [2.75, 3.05) is 40.0 Å². The topological polar surface area (TPSA) is 114 Å². The van der Waals surface area contributed by atoms with Gasteiger partial charge in [-0.1, -0.05) is 31.2 Å². The Morgan fingerprint density at radius 2 is 1.74 bits per heavy atom. The summed E-state index contributed by atoms with van der Waals surface area (Å²) in [5, 5.41) is 5.30. The SMILES string of the molecule is CCC(=O)c1ccc(C[C@H](NC(=O)[C@H](C)NC(=O)CN2CCOCC2)C(=O)OC)cc1. The Kier molecular flexibility index (Phi) is 9.61. The second kappa shape index (κ2) is 12.2. The Balaban J connectivity index is 1.92. The monoisotopic (exact) mass is 433 g/mol. The molecule has 2 rings (SSSR count). The van der Waals surface area contributed by atoms with Crippen LogP contribution >= 0.6 is 0 Å². The molecule has 0 aromatic heterocycles. The molecule has 1 heterocycles. The zero-order valence-electron chi connectivity index (χ0n) is 18.3. The smallest absolute Gasteiger partial charge is 0.328 e. The van der Waals surface area contributed by atoms with Crippen LogP contribution in [0.3, 0.4) is 0 Å². The molecule has 0 spiro atoms. The van der Waals surface area contributed by atoms with Crippen molar-refractivity contribution < 1.29 is 28.7 Å². The van der Waals surface area contributed by atoms with Crippen LogP contribution < -0.4 is 10.6 Å². The number of benzene rings is 1. The summed E-state index contributed by atoms with van der Waals surface area (Å²) in [4.78, 5) is 50.7. The summed E-state index contributed by atoms with van der Waals surface area (Å²) >= 11 is 0. The van der Waals surface area contributed by atoms with Crippen molar-refractivity contribution in [2.24, 2.45) is 0 Å². The van der Waals surface area contributed by atoms with Crippen LogP contribution in [0.2, 0.25) is 0 Å². The number of Topliss-reactive ketones (excluding diaryl/α,β-unsaturated/α-hetero) is 1. The molecule has 0 radical (unpaired) electrons. The van der Waals surface area contributed by atoms with E-state index < -0.39 is 24.0 Å². The van der Waals surface area contributed by atoms with Gasteiger partial charge in [0.05, 0.1) is 26.9 Å². The molecule has 0 bridgehead atoms. The number of ketones is 1. The van der Waals surface area contributed by atoms with E-state index in [-0.39, 0.29) is 24.7 Å². The minimum Gasteiger partial charge on any atom is -0.467 e. The molecule has 9 heteroatoms. The first-order chi connectivity index (χ1) is 14.8. The average Bonchev–Trinajstić information content (AvgIpc) is 2.78. The summed E-state index contributed by atoms with van der Waals surface area (Å²) < 4.78 is 10.1. The van der Waals surface area contributed by atoms with Gasteiger partial charge in [-0.05, 0) is 12.5 Å². The Hall–Kier alpha value is -2.78. The van der Waals surface area contributed by atoms with Crippen LogP contribution in [0.4, 0.5) is 0 Å². The molecule has 1 aliphatic heterocycles. The maximum Gasteiger partial charge on any atom is 0.328 e. The average molecular weight is 434 g/mol. The predicted molar refractivity (Wildman–Crippen MR) is 114 cm³/mol. The van der Waals surface area contributed by atoms with E-state index in [4.69, 9.17) is 9.47 Å². The van der Waals surface area contributed by atoms with E-state index in [1.165, 1.54) is 7.11 Å². The first-order valence-corrected chi connectivity index (χ1v) is 10.4. The molecule has 1 aromatic rings. The lowest BCUT2D eigenvalue weighted by Gasteiger charge is -2.26. The van der Waals surface area contributed by atoms with Gasteiger partial charge in [-0.25, -0.2) is 4.79 Å². The maximum absolute atomic E-state index is 12.6. The van der Waals surface area contributed by atoms with Crippen molar-refractivity contribution in [1.82, 2.24) is 15.5 Å². The van der Waals surface area contributed by atoms with E-state index in [0.29, 0.717) is 38.3 Å². The number of hydrogen-bond donors (Lipinski definition) is 2. The molecule has 1 saturated heterocycles. The fourth-order valence-electron chi connectivity index (χ4n) is 3.21. The number of esters is 1. The lowest BCUT2D eigenvalue weighted by atomic mass is 10.0. The third-order valence-electron chi connectivity index (χ3n) is 5.08. The van der Waals surface area contributed by atoms with Crippen molar-refractivity contribution in [1.29, 1.82) is 0 Å². The quantitative estimate of drug-likeness (QED) is 0.403. The molecular weight excluding hydrogens is 402 g/mol. The van der Waals surface area contributed by atoms with Gasteiger partial charge in [-0.15, -0.1) is 0 Å². The molecule has 1 aromatic carbocycles. The van der Waals surface area contributed by atoms with Gasteiger partial charge >= 0.3 is 5.97 Å². The standard InChI is InChI=1S/C22H31N3O6/c1-4-19(26)17-7-5-16(6-8-17)13-18(22(29)30-3)24-21(28)15(2)23-20(27)14-25-9-11-31-12-10-25/h5-8,15,18H,4,9-14H2,1-3H3,(H,23,27)(H,24,28)/t15-,18-/m0/s1. The summed E-state index contributed by atoms with van der Waals surface area (Å²) in [7, 11) is 1.25. The Morgan fingerprint density at radius 1 is 1.10 bits per heavy atom. The third-order valence-corrected chi connectivity index (χ3v) is 5.08. The Bertz CT molecular complexity index is 774. The van der Waals surface area contributed by atoms with E-state index >= 15 is 0 Å². The van der Waals surface area contributed by atoms with E-state index in [9.17, 15) is 19.2 Å². The molecule has 170 valence electrons. The first-order valence-electron chi connectivity index (χ1n) is 10.4. The number of nitrogens with one attached hydrogen (secondary N) is 2. The number of amides is 2. The van der Waals surface area contributed by atoms with Gasteiger partial charge < -0.3 is 20.1 Å². The molecule has 0 unspecified atom stereocenters. The lowest BCUT2D eigenvalue weighted by molar-refractivity contribution is -0.145. The summed E-state index contributed by atoms with van der Waals surface area (Å²) in [6, 6.07) is 5.17. The highest BCUT2D eigenvalue weighted by Gasteiger charge is 2.26. The van der Waals surface area contributed by atoms with Crippen molar-refractivity contribution in [3.05, 3.63) is 35.4 Å². The van der Waals surface area contributed by atoms with Crippen LogP contribution in [0.5, 0.6) is 0 Å². The van der Waals surface area contributed by atoms with Crippen LogP contribution in [-0.4, -0.2) is 80.5 Å². The molecule has 0 saturated carbocycles. The lowest BCUT2D eigenvalue weighted by Crippen LogP contribution is -2.53. The van der Waals surface area contributed by atoms with Crippen molar-refractivity contribution >= 4 is 23.6 Å². The molecule has 2 atom stereocenters.